The third-order valence-electron chi connectivity index (χ3n) is 4.58. The highest BCUT2D eigenvalue weighted by Gasteiger charge is 2.25. The molecular weight excluding hydrogens is 426 g/mol. The van der Waals surface area contributed by atoms with Gasteiger partial charge in [0.1, 0.15) is 5.84 Å². The minimum absolute atomic E-state index is 0.133. The number of benzene rings is 1. The SMILES string of the molecule is COc1ccc(CCNC(=O)COC(=O)C2=CN3CCS(=O)(=O)N=C3C=C2)cc1OC. The van der Waals surface area contributed by atoms with E-state index in [9.17, 15) is 18.0 Å². The van der Waals surface area contributed by atoms with Gasteiger partial charge in [0.25, 0.3) is 15.9 Å². The molecule has 2 aliphatic heterocycles. The molecule has 0 saturated carbocycles. The fraction of sp³-hybridized carbons (Fsp3) is 0.350. The van der Waals surface area contributed by atoms with Gasteiger partial charge < -0.3 is 24.4 Å². The van der Waals surface area contributed by atoms with E-state index in [-0.39, 0.29) is 23.7 Å². The molecular formula is C20H23N3O7S. The number of carbonyl (C=O) groups is 2. The molecule has 11 heteroatoms. The molecule has 0 saturated heterocycles. The lowest BCUT2D eigenvalue weighted by molar-refractivity contribution is -0.144. The standard InChI is InChI=1S/C20H23N3O7S/c1-28-16-5-3-14(11-17(16)29-2)7-8-21-19(24)13-30-20(25)15-4-6-18-22-31(26,27)10-9-23(18)12-15/h3-6,11-12H,7-10,13H2,1-2H3,(H,21,24). The number of nitrogens with one attached hydrogen (secondary N) is 1. The van der Waals surface area contributed by atoms with E-state index in [0.29, 0.717) is 24.5 Å². The smallest absolute Gasteiger partial charge is 0.340 e. The maximum atomic E-state index is 12.2. The largest absolute Gasteiger partial charge is 0.493 e. The average Bonchev–Trinajstić information content (AvgIpc) is 2.76. The van der Waals surface area contributed by atoms with E-state index >= 15 is 0 Å². The van der Waals surface area contributed by atoms with E-state index < -0.39 is 28.5 Å². The Labute approximate surface area is 180 Å². The first-order valence-corrected chi connectivity index (χ1v) is 11.1. The second-order valence-electron chi connectivity index (χ2n) is 6.71. The molecule has 0 unspecified atom stereocenters. The van der Waals surface area contributed by atoms with Gasteiger partial charge in [0.15, 0.2) is 18.1 Å². The van der Waals surface area contributed by atoms with Gasteiger partial charge in [-0.3, -0.25) is 4.79 Å². The maximum Gasteiger partial charge on any atom is 0.340 e. The van der Waals surface area contributed by atoms with Crippen molar-refractivity contribution < 1.29 is 32.2 Å². The van der Waals surface area contributed by atoms with E-state index in [1.165, 1.54) is 18.4 Å². The number of amides is 1. The minimum Gasteiger partial charge on any atom is -0.493 e. The van der Waals surface area contributed by atoms with Crippen LogP contribution in [0.3, 0.4) is 0 Å². The number of amidine groups is 1. The van der Waals surface area contributed by atoms with Gasteiger partial charge in [-0.05, 0) is 36.3 Å². The summed E-state index contributed by atoms with van der Waals surface area (Å²) >= 11 is 0. The number of hydrogen-bond acceptors (Lipinski definition) is 8. The van der Waals surface area contributed by atoms with Gasteiger partial charge in [-0.25, -0.2) is 13.2 Å². The van der Waals surface area contributed by atoms with E-state index in [4.69, 9.17) is 14.2 Å². The Kier molecular flexibility index (Phi) is 6.95. The summed E-state index contributed by atoms with van der Waals surface area (Å²) in [6.07, 6.45) is 4.86. The van der Waals surface area contributed by atoms with Crippen LogP contribution in [-0.4, -0.2) is 70.7 Å². The molecule has 3 rings (SSSR count). The summed E-state index contributed by atoms with van der Waals surface area (Å²) in [4.78, 5) is 25.7. The summed E-state index contributed by atoms with van der Waals surface area (Å²) in [5, 5.41) is 2.69. The van der Waals surface area contributed by atoms with Crippen molar-refractivity contribution in [1.29, 1.82) is 0 Å². The first-order chi connectivity index (χ1) is 14.8. The molecule has 0 bridgehead atoms. The van der Waals surface area contributed by atoms with Gasteiger partial charge in [0, 0.05) is 19.3 Å². The normalized spacial score (nSPS) is 16.5. The van der Waals surface area contributed by atoms with Crippen molar-refractivity contribution in [3.05, 3.63) is 47.7 Å². The van der Waals surface area contributed by atoms with Gasteiger partial charge in [-0.2, -0.15) is 0 Å². The molecule has 1 aromatic rings. The van der Waals surface area contributed by atoms with E-state index in [2.05, 4.69) is 9.71 Å². The van der Waals surface area contributed by atoms with Crippen LogP contribution in [0.4, 0.5) is 0 Å². The number of sulfonamides is 1. The Balaban J connectivity index is 1.44. The monoisotopic (exact) mass is 449 g/mol. The Hall–Kier alpha value is -3.34. The van der Waals surface area contributed by atoms with Crippen molar-refractivity contribution in [2.24, 2.45) is 4.40 Å². The highest BCUT2D eigenvalue weighted by molar-refractivity contribution is 7.90. The van der Waals surface area contributed by atoms with E-state index in [1.807, 2.05) is 12.1 Å². The Morgan fingerprint density at radius 3 is 2.68 bits per heavy atom. The minimum atomic E-state index is -3.47. The quantitative estimate of drug-likeness (QED) is 0.566. The van der Waals surface area contributed by atoms with Crippen molar-refractivity contribution in [1.82, 2.24) is 10.2 Å². The molecule has 0 aromatic heterocycles. The first kappa shape index (κ1) is 22.3. The van der Waals surface area contributed by atoms with Crippen LogP contribution in [0.2, 0.25) is 0 Å². The number of ether oxygens (including phenoxy) is 3. The number of carbonyl (C=O) groups excluding carboxylic acids is 2. The summed E-state index contributed by atoms with van der Waals surface area (Å²) in [6.45, 7) is 0.126. The molecule has 31 heavy (non-hydrogen) atoms. The van der Waals surface area contributed by atoms with Crippen molar-refractivity contribution in [3.63, 3.8) is 0 Å². The number of methoxy groups -OCH3 is 2. The third-order valence-corrected chi connectivity index (χ3v) is 5.74. The second-order valence-corrected chi connectivity index (χ2v) is 8.47. The van der Waals surface area contributed by atoms with Gasteiger partial charge in [0.05, 0.1) is 25.5 Å². The van der Waals surface area contributed by atoms with Crippen molar-refractivity contribution in [2.45, 2.75) is 6.42 Å². The summed E-state index contributed by atoms with van der Waals surface area (Å²) in [5.74, 6) is 0.229. The van der Waals surface area contributed by atoms with Crippen LogP contribution in [0.1, 0.15) is 5.56 Å². The molecule has 2 heterocycles. The van der Waals surface area contributed by atoms with Crippen LogP contribution in [0.25, 0.3) is 0 Å². The topological polar surface area (TPSA) is 124 Å². The number of nitrogens with zero attached hydrogens (tertiary/aromatic N) is 2. The third kappa shape index (κ3) is 5.85. The van der Waals surface area contributed by atoms with Crippen molar-refractivity contribution in [2.75, 3.05) is 39.7 Å². The Bertz CT molecular complexity index is 1060. The van der Waals surface area contributed by atoms with Crippen LogP contribution >= 0.6 is 0 Å². The predicted octanol–water partition coefficient (Wildman–Crippen LogP) is 0.403. The Morgan fingerprint density at radius 1 is 1.16 bits per heavy atom. The van der Waals surface area contributed by atoms with Gasteiger partial charge >= 0.3 is 5.97 Å². The average molecular weight is 449 g/mol. The van der Waals surface area contributed by atoms with Crippen LogP contribution in [0.15, 0.2) is 46.5 Å². The number of esters is 1. The molecule has 10 nitrogen and oxygen atoms in total. The highest BCUT2D eigenvalue weighted by atomic mass is 32.2. The van der Waals surface area contributed by atoms with E-state index in [0.717, 1.165) is 5.56 Å². The molecule has 0 aliphatic carbocycles. The predicted molar refractivity (Wildman–Crippen MR) is 112 cm³/mol. The molecule has 0 atom stereocenters. The first-order valence-electron chi connectivity index (χ1n) is 9.45. The summed E-state index contributed by atoms with van der Waals surface area (Å²) in [5.41, 5.74) is 1.16. The van der Waals surface area contributed by atoms with Crippen LogP contribution in [0.5, 0.6) is 11.5 Å². The highest BCUT2D eigenvalue weighted by Crippen LogP contribution is 2.27. The lowest BCUT2D eigenvalue weighted by Crippen LogP contribution is -2.37. The van der Waals surface area contributed by atoms with Crippen LogP contribution in [-0.2, 0) is 30.8 Å². The molecule has 0 radical (unpaired) electrons. The fourth-order valence-electron chi connectivity index (χ4n) is 2.97. The van der Waals surface area contributed by atoms with Crippen LogP contribution in [0, 0.1) is 0 Å². The van der Waals surface area contributed by atoms with Gasteiger partial charge in [-0.15, -0.1) is 4.40 Å². The maximum absolute atomic E-state index is 12.2. The van der Waals surface area contributed by atoms with Crippen LogP contribution < -0.4 is 14.8 Å². The lowest BCUT2D eigenvalue weighted by atomic mass is 10.1. The summed E-state index contributed by atoms with van der Waals surface area (Å²) < 4.78 is 42.2. The molecule has 1 aromatic carbocycles. The molecule has 166 valence electrons. The van der Waals surface area contributed by atoms with E-state index in [1.54, 1.807) is 25.2 Å². The Morgan fingerprint density at radius 2 is 1.94 bits per heavy atom. The lowest BCUT2D eigenvalue weighted by Gasteiger charge is -2.26. The van der Waals surface area contributed by atoms with Gasteiger partial charge in [0.2, 0.25) is 0 Å². The number of fused-ring (bicyclic) bond motifs is 1. The summed E-state index contributed by atoms with van der Waals surface area (Å²) in [7, 11) is -0.357. The number of hydrogen-bond donors (Lipinski definition) is 1. The van der Waals surface area contributed by atoms with Gasteiger partial charge in [-0.1, -0.05) is 6.07 Å². The zero-order valence-electron chi connectivity index (χ0n) is 17.2. The number of rotatable bonds is 8. The summed E-state index contributed by atoms with van der Waals surface area (Å²) in [6, 6.07) is 5.49. The zero-order valence-corrected chi connectivity index (χ0v) is 18.0. The van der Waals surface area contributed by atoms with Crippen molar-refractivity contribution >= 4 is 27.7 Å². The van der Waals surface area contributed by atoms with Crippen molar-refractivity contribution in [3.8, 4) is 11.5 Å². The second kappa shape index (κ2) is 9.65. The molecule has 0 spiro atoms. The molecule has 2 aliphatic rings. The fourth-order valence-corrected chi connectivity index (χ4v) is 3.94. The zero-order chi connectivity index (χ0) is 22.4. The molecule has 0 fully saturated rings. The molecule has 1 amide bonds. The molecule has 1 N–H and O–H groups in total.